The van der Waals surface area contributed by atoms with Crippen LogP contribution in [0.4, 0.5) is 8.78 Å². The molecule has 0 fully saturated rings. The third-order valence-electron chi connectivity index (χ3n) is 2.69. The van der Waals surface area contributed by atoms with Crippen molar-refractivity contribution in [2.75, 3.05) is 6.54 Å². The van der Waals surface area contributed by atoms with E-state index in [-0.39, 0.29) is 0 Å². The van der Waals surface area contributed by atoms with Gasteiger partial charge in [-0.15, -0.1) is 0 Å². The van der Waals surface area contributed by atoms with Crippen LogP contribution in [0.25, 0.3) is 0 Å². The van der Waals surface area contributed by atoms with E-state index in [1.807, 2.05) is 18.2 Å². The van der Waals surface area contributed by atoms with Crippen molar-refractivity contribution in [2.24, 2.45) is 0 Å². The molecule has 0 aliphatic carbocycles. The zero-order chi connectivity index (χ0) is 14.5. The van der Waals surface area contributed by atoms with E-state index in [4.69, 9.17) is 0 Å². The molecule has 20 heavy (non-hydrogen) atoms. The summed E-state index contributed by atoms with van der Waals surface area (Å²) < 4.78 is 27.4. The zero-order valence-electron chi connectivity index (χ0n) is 10.9. The second kappa shape index (κ2) is 7.20. The number of rotatable bonds is 5. The molecule has 0 atom stereocenters. The Morgan fingerprint density at radius 1 is 1.10 bits per heavy atom. The smallest absolute Gasteiger partial charge is 0.140 e. The number of hydrogen-bond acceptors (Lipinski definition) is 2. The Balaban J connectivity index is 2.17. The normalized spacial score (nSPS) is 10.8. The quantitative estimate of drug-likeness (QED) is 0.808. The van der Waals surface area contributed by atoms with Crippen LogP contribution in [0.2, 0.25) is 0 Å². The van der Waals surface area contributed by atoms with Gasteiger partial charge in [0.15, 0.2) is 0 Å². The van der Waals surface area contributed by atoms with Crippen molar-refractivity contribution in [1.29, 1.82) is 0 Å². The first-order chi connectivity index (χ1) is 9.60. The van der Waals surface area contributed by atoms with E-state index >= 15 is 0 Å². The Hall–Kier alpha value is -0.910. The van der Waals surface area contributed by atoms with Gasteiger partial charge in [0.1, 0.15) is 11.6 Å². The van der Waals surface area contributed by atoms with E-state index in [2.05, 4.69) is 28.2 Å². The predicted molar refractivity (Wildman–Crippen MR) is 82.0 cm³/mol. The topological polar surface area (TPSA) is 12.0 Å². The van der Waals surface area contributed by atoms with Crippen LogP contribution in [0.15, 0.2) is 50.7 Å². The van der Waals surface area contributed by atoms with Gasteiger partial charge in [-0.1, -0.05) is 24.8 Å². The molecule has 0 heterocycles. The molecule has 106 valence electrons. The summed E-state index contributed by atoms with van der Waals surface area (Å²) in [6.45, 7) is 3.76. The number of halogens is 3. The molecular weight excluding hydrogens is 344 g/mol. The maximum atomic E-state index is 13.6. The second-order valence-electron chi connectivity index (χ2n) is 4.22. The van der Waals surface area contributed by atoms with Gasteiger partial charge in [0.05, 0.1) is 0 Å². The molecule has 2 rings (SSSR count). The predicted octanol–water partition coefficient (Wildman–Crippen LogP) is 4.99. The van der Waals surface area contributed by atoms with Gasteiger partial charge in [0, 0.05) is 26.9 Å². The standard InChI is InChI=1S/C15H14BrF2NS/c1-2-19-9-10-3-5-14(12(16)7-10)20-15-6-4-11(17)8-13(15)18/h3-8,19H,2,9H2,1H3. The van der Waals surface area contributed by atoms with Gasteiger partial charge in [0.2, 0.25) is 0 Å². The van der Waals surface area contributed by atoms with Crippen LogP contribution in [0.5, 0.6) is 0 Å². The highest BCUT2D eigenvalue weighted by Crippen LogP contribution is 2.35. The average Bonchev–Trinajstić information content (AvgIpc) is 2.42. The summed E-state index contributed by atoms with van der Waals surface area (Å²) in [4.78, 5) is 1.31. The molecule has 1 N–H and O–H groups in total. The van der Waals surface area contributed by atoms with Crippen LogP contribution in [0.3, 0.4) is 0 Å². The Kier molecular flexibility index (Phi) is 5.57. The van der Waals surface area contributed by atoms with E-state index in [1.54, 1.807) is 0 Å². The average molecular weight is 358 g/mol. The van der Waals surface area contributed by atoms with Crippen molar-refractivity contribution >= 4 is 27.7 Å². The summed E-state index contributed by atoms with van der Waals surface area (Å²) in [5.74, 6) is -1.11. The van der Waals surface area contributed by atoms with E-state index in [0.29, 0.717) is 4.90 Å². The van der Waals surface area contributed by atoms with Gasteiger partial charge in [-0.2, -0.15) is 0 Å². The lowest BCUT2D eigenvalue weighted by Gasteiger charge is -2.08. The highest BCUT2D eigenvalue weighted by Gasteiger charge is 2.08. The summed E-state index contributed by atoms with van der Waals surface area (Å²) in [6, 6.07) is 9.55. The maximum absolute atomic E-state index is 13.6. The minimum Gasteiger partial charge on any atom is -0.313 e. The number of nitrogens with one attached hydrogen (secondary N) is 1. The second-order valence-corrected chi connectivity index (χ2v) is 6.16. The lowest BCUT2D eigenvalue weighted by atomic mass is 10.2. The maximum Gasteiger partial charge on any atom is 0.140 e. The molecule has 0 saturated heterocycles. The van der Waals surface area contributed by atoms with Crippen LogP contribution in [-0.2, 0) is 6.54 Å². The molecule has 1 nitrogen and oxygen atoms in total. The molecule has 5 heteroatoms. The fourth-order valence-corrected chi connectivity index (χ4v) is 3.17. The third-order valence-corrected chi connectivity index (χ3v) is 4.73. The molecule has 0 amide bonds. The molecule has 0 bridgehead atoms. The molecule has 2 aromatic rings. The molecule has 0 radical (unpaired) electrons. The van der Waals surface area contributed by atoms with Gasteiger partial charge in [-0.3, -0.25) is 0 Å². The van der Waals surface area contributed by atoms with Crippen molar-refractivity contribution in [2.45, 2.75) is 23.3 Å². The first kappa shape index (κ1) is 15.5. The number of benzene rings is 2. The highest BCUT2D eigenvalue weighted by molar-refractivity contribution is 9.10. The Labute approximate surface area is 129 Å². The monoisotopic (exact) mass is 357 g/mol. The molecule has 0 aliphatic rings. The van der Waals surface area contributed by atoms with Crippen molar-refractivity contribution in [3.05, 3.63) is 58.1 Å². The van der Waals surface area contributed by atoms with E-state index < -0.39 is 11.6 Å². The first-order valence-electron chi connectivity index (χ1n) is 6.22. The summed E-state index contributed by atoms with van der Waals surface area (Å²) in [6.07, 6.45) is 0. The summed E-state index contributed by atoms with van der Waals surface area (Å²) in [5, 5.41) is 3.25. The van der Waals surface area contributed by atoms with Crippen molar-refractivity contribution < 1.29 is 8.78 Å². The fraction of sp³-hybridized carbons (Fsp3) is 0.200. The minimum atomic E-state index is -0.563. The molecule has 0 aliphatic heterocycles. The van der Waals surface area contributed by atoms with Crippen molar-refractivity contribution in [3.63, 3.8) is 0 Å². The van der Waals surface area contributed by atoms with Gasteiger partial charge < -0.3 is 5.32 Å². The van der Waals surface area contributed by atoms with Gasteiger partial charge >= 0.3 is 0 Å². The van der Waals surface area contributed by atoms with Gasteiger partial charge in [0.25, 0.3) is 0 Å². The highest BCUT2D eigenvalue weighted by atomic mass is 79.9. The first-order valence-corrected chi connectivity index (χ1v) is 7.83. The van der Waals surface area contributed by atoms with Crippen LogP contribution in [0.1, 0.15) is 12.5 Å². The minimum absolute atomic E-state index is 0.409. The van der Waals surface area contributed by atoms with Gasteiger partial charge in [-0.25, -0.2) is 8.78 Å². The van der Waals surface area contributed by atoms with Gasteiger partial charge in [-0.05, 0) is 52.3 Å². The SMILES string of the molecule is CCNCc1ccc(Sc2ccc(F)cc2F)c(Br)c1. The number of hydrogen-bond donors (Lipinski definition) is 1. The van der Waals surface area contributed by atoms with Crippen molar-refractivity contribution in [1.82, 2.24) is 5.32 Å². The van der Waals surface area contributed by atoms with Crippen LogP contribution in [-0.4, -0.2) is 6.54 Å². The molecule has 0 spiro atoms. The molecule has 0 unspecified atom stereocenters. The molecule has 0 aromatic heterocycles. The Morgan fingerprint density at radius 3 is 2.50 bits per heavy atom. The Bertz CT molecular complexity index is 604. The molecule has 2 aromatic carbocycles. The lowest BCUT2D eigenvalue weighted by molar-refractivity contribution is 0.565. The van der Waals surface area contributed by atoms with Crippen LogP contribution >= 0.6 is 27.7 Å². The van der Waals surface area contributed by atoms with Crippen LogP contribution < -0.4 is 5.32 Å². The molecule has 0 saturated carbocycles. The van der Waals surface area contributed by atoms with E-state index in [9.17, 15) is 8.78 Å². The summed E-state index contributed by atoms with van der Waals surface area (Å²) in [7, 11) is 0. The van der Waals surface area contributed by atoms with Crippen molar-refractivity contribution in [3.8, 4) is 0 Å². The van der Waals surface area contributed by atoms with E-state index in [0.717, 1.165) is 34.1 Å². The fourth-order valence-electron chi connectivity index (χ4n) is 1.68. The summed E-state index contributed by atoms with van der Waals surface area (Å²) >= 11 is 4.76. The largest absolute Gasteiger partial charge is 0.313 e. The third kappa shape index (κ3) is 4.04. The zero-order valence-corrected chi connectivity index (χ0v) is 13.3. The van der Waals surface area contributed by atoms with Crippen LogP contribution in [0, 0.1) is 11.6 Å². The summed E-state index contributed by atoms with van der Waals surface area (Å²) in [5.41, 5.74) is 1.16. The van der Waals surface area contributed by atoms with E-state index in [1.165, 1.54) is 23.9 Å². The molecular formula is C15H14BrF2NS. The Morgan fingerprint density at radius 2 is 1.85 bits per heavy atom. The lowest BCUT2D eigenvalue weighted by Crippen LogP contribution is -2.11.